The fraction of sp³-hybridized carbons (Fsp3) is 0.606. The van der Waals surface area contributed by atoms with Gasteiger partial charge < -0.3 is 19.0 Å². The summed E-state index contributed by atoms with van der Waals surface area (Å²) in [5, 5.41) is 13.6. The van der Waals surface area contributed by atoms with Crippen LogP contribution in [-0.4, -0.2) is 49.4 Å². The number of hydrogen-bond acceptors (Lipinski definition) is 5. The molecule has 2 saturated heterocycles. The maximum Gasteiger partial charge on any atom is 0.331 e. The first kappa shape index (κ1) is 28.5. The van der Waals surface area contributed by atoms with Crippen molar-refractivity contribution >= 4 is 24.7 Å². The third-order valence-electron chi connectivity index (χ3n) is 10.3. The quantitative estimate of drug-likeness (QED) is 0.385. The van der Waals surface area contributed by atoms with E-state index in [0.29, 0.717) is 12.3 Å². The van der Waals surface area contributed by atoms with Crippen molar-refractivity contribution in [2.24, 2.45) is 23.7 Å². The number of aliphatic hydroxyl groups is 1. The van der Waals surface area contributed by atoms with Crippen molar-refractivity contribution in [1.82, 2.24) is 0 Å². The maximum atomic E-state index is 13.6. The monoisotopic (exact) mass is 550 g/mol. The zero-order valence-electron chi connectivity index (χ0n) is 24.6. The summed E-state index contributed by atoms with van der Waals surface area (Å²) in [6.45, 7) is 15.1. The summed E-state index contributed by atoms with van der Waals surface area (Å²) in [7, 11) is -2.86. The molecular formula is C33H46O5Si. The summed E-state index contributed by atoms with van der Waals surface area (Å²) in [5.74, 6) is 0.522. The highest BCUT2D eigenvalue weighted by atomic mass is 28.4. The third kappa shape index (κ3) is 4.43. The van der Waals surface area contributed by atoms with Gasteiger partial charge >= 0.3 is 5.97 Å². The van der Waals surface area contributed by atoms with Crippen molar-refractivity contribution < 1.29 is 23.8 Å². The molecular weight excluding hydrogens is 504 g/mol. The van der Waals surface area contributed by atoms with Crippen LogP contribution in [0.25, 0.3) is 0 Å². The Balaban J connectivity index is 1.43. The van der Waals surface area contributed by atoms with Crippen LogP contribution in [0.15, 0.2) is 60.7 Å². The van der Waals surface area contributed by atoms with Gasteiger partial charge in [0.25, 0.3) is 8.32 Å². The van der Waals surface area contributed by atoms with Crippen LogP contribution < -0.4 is 10.4 Å². The maximum absolute atomic E-state index is 13.6. The van der Waals surface area contributed by atoms with Gasteiger partial charge in [-0.25, -0.2) is 4.79 Å². The van der Waals surface area contributed by atoms with Gasteiger partial charge in [-0.05, 0) is 58.8 Å². The van der Waals surface area contributed by atoms with E-state index in [0.717, 1.165) is 23.2 Å². The fourth-order valence-corrected chi connectivity index (χ4v) is 12.7. The zero-order valence-corrected chi connectivity index (χ0v) is 25.6. The Kier molecular flexibility index (Phi) is 7.41. The number of carbonyl (C=O) groups is 1. The smallest absolute Gasteiger partial charge is 0.331 e. The lowest BCUT2D eigenvalue weighted by molar-refractivity contribution is -0.259. The standard InChI is InChI=1S/C33H46O5Si/c1-22(2)33-20-27(32(7,38-33)26-19-18-23(3)29(26)30(33)35)37-28(34)21-36-39(31(4,5)6,24-14-10-8-11-15-24)25-16-12-9-13-17-25/h8-17,22-23,26-27,29-30,35H,18-21H2,1-7H3/t23-,26-,27-,29-,30+,32+,33-/m1/s1. The molecule has 1 N–H and O–H groups in total. The minimum atomic E-state index is -2.86. The van der Waals surface area contributed by atoms with Crippen molar-refractivity contribution in [3.63, 3.8) is 0 Å². The molecule has 7 atom stereocenters. The molecule has 2 aromatic rings. The summed E-state index contributed by atoms with van der Waals surface area (Å²) in [4.78, 5) is 13.6. The van der Waals surface area contributed by atoms with Crippen molar-refractivity contribution in [3.05, 3.63) is 60.7 Å². The van der Waals surface area contributed by atoms with Crippen LogP contribution in [-0.2, 0) is 18.7 Å². The topological polar surface area (TPSA) is 65.0 Å². The fourth-order valence-electron chi connectivity index (χ4n) is 8.23. The first-order chi connectivity index (χ1) is 18.4. The van der Waals surface area contributed by atoms with Gasteiger partial charge in [-0.1, -0.05) is 102 Å². The molecule has 212 valence electrons. The first-order valence-corrected chi connectivity index (χ1v) is 16.6. The Labute approximate surface area is 235 Å². The van der Waals surface area contributed by atoms with Gasteiger partial charge in [0.15, 0.2) is 0 Å². The summed E-state index contributed by atoms with van der Waals surface area (Å²) in [6.07, 6.45) is 1.61. The molecule has 0 unspecified atom stereocenters. The van der Waals surface area contributed by atoms with Gasteiger partial charge in [-0.3, -0.25) is 0 Å². The average Bonchev–Trinajstić information content (AvgIpc) is 3.42. The van der Waals surface area contributed by atoms with Gasteiger partial charge in [0.1, 0.15) is 23.9 Å². The Morgan fingerprint density at radius 2 is 1.62 bits per heavy atom. The summed E-state index contributed by atoms with van der Waals surface area (Å²) >= 11 is 0. The molecule has 0 spiro atoms. The van der Waals surface area contributed by atoms with E-state index < -0.39 is 31.7 Å². The second-order valence-electron chi connectivity index (χ2n) is 13.7. The van der Waals surface area contributed by atoms with Gasteiger partial charge in [0, 0.05) is 6.42 Å². The number of benzene rings is 2. The summed E-state index contributed by atoms with van der Waals surface area (Å²) in [6, 6.07) is 20.7. The number of hydrogen-bond donors (Lipinski definition) is 1. The molecule has 2 aliphatic heterocycles. The lowest BCUT2D eigenvalue weighted by atomic mass is 9.69. The van der Waals surface area contributed by atoms with E-state index in [1.54, 1.807) is 0 Å². The minimum absolute atomic E-state index is 0.109. The summed E-state index contributed by atoms with van der Waals surface area (Å²) in [5.41, 5.74) is -1.30. The van der Waals surface area contributed by atoms with Crippen LogP contribution in [0.5, 0.6) is 0 Å². The molecule has 0 aromatic heterocycles. The molecule has 2 bridgehead atoms. The Bertz CT molecular complexity index is 1120. The molecule has 3 aliphatic rings. The first-order valence-electron chi connectivity index (χ1n) is 14.7. The van der Waals surface area contributed by atoms with Gasteiger partial charge in [0.2, 0.25) is 0 Å². The number of esters is 1. The van der Waals surface area contributed by atoms with E-state index in [9.17, 15) is 9.90 Å². The number of fused-ring (bicyclic) bond motifs is 4. The Morgan fingerprint density at radius 1 is 1.05 bits per heavy atom. The van der Waals surface area contributed by atoms with Crippen LogP contribution in [0.4, 0.5) is 0 Å². The minimum Gasteiger partial charge on any atom is -0.458 e. The van der Waals surface area contributed by atoms with Crippen molar-refractivity contribution in [2.45, 2.75) is 96.2 Å². The van der Waals surface area contributed by atoms with E-state index in [-0.39, 0.29) is 35.4 Å². The van der Waals surface area contributed by atoms with Gasteiger partial charge in [0.05, 0.1) is 6.10 Å². The lowest BCUT2D eigenvalue weighted by Crippen LogP contribution is -2.67. The molecule has 6 heteroatoms. The Hall–Kier alpha value is -1.99. The van der Waals surface area contributed by atoms with E-state index in [4.69, 9.17) is 13.9 Å². The highest BCUT2D eigenvalue weighted by molar-refractivity contribution is 6.99. The number of aliphatic hydroxyl groups excluding tert-OH is 1. The van der Waals surface area contributed by atoms with Crippen LogP contribution in [0.2, 0.25) is 5.04 Å². The predicted octanol–water partition coefficient (Wildman–Crippen LogP) is 5.09. The predicted molar refractivity (Wildman–Crippen MR) is 157 cm³/mol. The SMILES string of the molecule is CC(C)[C@@]12C[C@@H](OC(=O)CO[Si](c3ccccc3)(c3ccccc3)C(C)(C)C)[C@@](C)(O1)[C@@H]1CC[C@@H](C)[C@H]1[C@@H]2O. The van der Waals surface area contributed by atoms with Crippen molar-refractivity contribution in [3.8, 4) is 0 Å². The molecule has 2 heterocycles. The van der Waals surface area contributed by atoms with Gasteiger partial charge in [-0.2, -0.15) is 0 Å². The van der Waals surface area contributed by atoms with E-state index in [1.165, 1.54) is 0 Å². The van der Waals surface area contributed by atoms with E-state index in [2.05, 4.69) is 72.7 Å². The molecule has 2 aromatic carbocycles. The van der Waals surface area contributed by atoms with E-state index >= 15 is 0 Å². The number of rotatable bonds is 7. The second kappa shape index (κ2) is 10.1. The summed E-state index contributed by atoms with van der Waals surface area (Å²) < 4.78 is 20.0. The Morgan fingerprint density at radius 3 is 2.13 bits per heavy atom. The van der Waals surface area contributed by atoms with Crippen LogP contribution in [0.3, 0.4) is 0 Å². The average molecular weight is 551 g/mol. The highest BCUT2D eigenvalue weighted by Crippen LogP contribution is 2.62. The molecule has 1 aliphatic carbocycles. The molecule has 1 saturated carbocycles. The highest BCUT2D eigenvalue weighted by Gasteiger charge is 2.70. The van der Waals surface area contributed by atoms with Crippen LogP contribution in [0.1, 0.15) is 67.7 Å². The molecule has 5 rings (SSSR count). The third-order valence-corrected chi connectivity index (χ3v) is 15.3. The lowest BCUT2D eigenvalue weighted by Gasteiger charge is -2.51. The second-order valence-corrected chi connectivity index (χ2v) is 18.0. The van der Waals surface area contributed by atoms with Crippen molar-refractivity contribution in [2.75, 3.05) is 6.61 Å². The normalized spacial score (nSPS) is 34.2. The number of carbonyl (C=O) groups excluding carboxylic acids is 1. The number of ether oxygens (including phenoxy) is 2. The van der Waals surface area contributed by atoms with Crippen LogP contribution in [0, 0.1) is 23.7 Å². The molecule has 39 heavy (non-hydrogen) atoms. The van der Waals surface area contributed by atoms with Gasteiger partial charge in [-0.15, -0.1) is 0 Å². The van der Waals surface area contributed by atoms with Crippen LogP contribution >= 0.6 is 0 Å². The zero-order chi connectivity index (χ0) is 28.2. The molecule has 5 nitrogen and oxygen atoms in total. The van der Waals surface area contributed by atoms with E-state index in [1.807, 2.05) is 36.4 Å². The molecule has 3 fully saturated rings. The molecule has 0 radical (unpaired) electrons. The largest absolute Gasteiger partial charge is 0.458 e. The molecule has 0 amide bonds. The van der Waals surface area contributed by atoms with Crippen molar-refractivity contribution in [1.29, 1.82) is 0 Å².